The number of amides is 2. The summed E-state index contributed by atoms with van der Waals surface area (Å²) in [6, 6.07) is 21.2. The maximum absolute atomic E-state index is 13.4. The molecule has 1 aliphatic heterocycles. The second kappa shape index (κ2) is 7.59. The molecule has 0 fully saturated rings. The number of carbonyl (C=O) groups is 2. The quantitative estimate of drug-likeness (QED) is 0.665. The highest BCUT2D eigenvalue weighted by molar-refractivity contribution is 6.46. The van der Waals surface area contributed by atoms with Crippen molar-refractivity contribution >= 4 is 28.8 Å². The lowest BCUT2D eigenvalue weighted by Crippen LogP contribution is -2.32. The lowest BCUT2D eigenvalue weighted by molar-refractivity contribution is -0.120. The van der Waals surface area contributed by atoms with Gasteiger partial charge in [0.2, 0.25) is 0 Å². The van der Waals surface area contributed by atoms with Gasteiger partial charge in [0.15, 0.2) is 0 Å². The summed E-state index contributed by atoms with van der Waals surface area (Å²) in [5.41, 5.74) is 1.81. The molecule has 5 nitrogen and oxygen atoms in total. The van der Waals surface area contributed by atoms with Gasteiger partial charge in [0.25, 0.3) is 11.8 Å². The van der Waals surface area contributed by atoms with Gasteiger partial charge in [-0.25, -0.2) is 9.29 Å². The number of para-hydroxylation sites is 1. The minimum absolute atomic E-state index is 0.124. The Morgan fingerprint density at radius 2 is 1.59 bits per heavy atom. The Labute approximate surface area is 167 Å². The van der Waals surface area contributed by atoms with Gasteiger partial charge in [-0.05, 0) is 42.0 Å². The van der Waals surface area contributed by atoms with Gasteiger partial charge in [0.1, 0.15) is 17.3 Å². The third-order valence-corrected chi connectivity index (χ3v) is 4.57. The number of halogens is 1. The molecule has 0 aliphatic carbocycles. The van der Waals surface area contributed by atoms with E-state index in [-0.39, 0.29) is 11.3 Å². The summed E-state index contributed by atoms with van der Waals surface area (Å²) in [6.45, 7) is 0. The fourth-order valence-corrected chi connectivity index (χ4v) is 3.19. The number of imide groups is 1. The molecule has 0 radical (unpaired) electrons. The van der Waals surface area contributed by atoms with Crippen LogP contribution in [0.5, 0.6) is 5.75 Å². The average Bonchev–Trinajstić information content (AvgIpc) is 2.99. The first kappa shape index (κ1) is 18.4. The van der Waals surface area contributed by atoms with Crippen LogP contribution in [0.2, 0.25) is 0 Å². The summed E-state index contributed by atoms with van der Waals surface area (Å²) in [6.07, 6.45) is 0. The van der Waals surface area contributed by atoms with Crippen LogP contribution >= 0.6 is 0 Å². The summed E-state index contributed by atoms with van der Waals surface area (Å²) in [4.78, 5) is 27.5. The Kier molecular flexibility index (Phi) is 4.83. The van der Waals surface area contributed by atoms with Crippen molar-refractivity contribution in [3.63, 3.8) is 0 Å². The van der Waals surface area contributed by atoms with Gasteiger partial charge >= 0.3 is 0 Å². The summed E-state index contributed by atoms with van der Waals surface area (Å²) in [5, 5.41) is 3.05. The number of methoxy groups -OCH3 is 1. The molecule has 3 aromatic rings. The number of anilines is 2. The van der Waals surface area contributed by atoms with Crippen molar-refractivity contribution in [1.29, 1.82) is 0 Å². The van der Waals surface area contributed by atoms with Crippen molar-refractivity contribution in [3.8, 4) is 5.75 Å². The smallest absolute Gasteiger partial charge is 0.282 e. The van der Waals surface area contributed by atoms with Crippen LogP contribution in [0.3, 0.4) is 0 Å². The predicted octanol–water partition coefficient (Wildman–Crippen LogP) is 4.23. The summed E-state index contributed by atoms with van der Waals surface area (Å²) < 4.78 is 18.6. The highest BCUT2D eigenvalue weighted by Gasteiger charge is 2.40. The van der Waals surface area contributed by atoms with E-state index in [1.807, 2.05) is 0 Å². The van der Waals surface area contributed by atoms with E-state index in [0.29, 0.717) is 22.7 Å². The molecular weight excluding hydrogens is 371 g/mol. The first-order valence-electron chi connectivity index (χ1n) is 8.93. The van der Waals surface area contributed by atoms with Crippen LogP contribution in [-0.2, 0) is 9.59 Å². The van der Waals surface area contributed by atoms with E-state index >= 15 is 0 Å². The number of carbonyl (C=O) groups excluding carboxylic acids is 2. The van der Waals surface area contributed by atoms with Gasteiger partial charge in [-0.3, -0.25) is 9.59 Å². The van der Waals surface area contributed by atoms with Crippen LogP contribution in [0, 0.1) is 5.82 Å². The Morgan fingerprint density at radius 3 is 2.28 bits per heavy atom. The molecule has 4 rings (SSSR count). The molecule has 2 amide bonds. The van der Waals surface area contributed by atoms with Crippen LogP contribution in [0.25, 0.3) is 5.57 Å². The summed E-state index contributed by atoms with van der Waals surface area (Å²) in [5.74, 6) is -0.773. The third kappa shape index (κ3) is 3.48. The monoisotopic (exact) mass is 388 g/mol. The lowest BCUT2D eigenvalue weighted by atomic mass is 10.0. The molecule has 29 heavy (non-hydrogen) atoms. The number of rotatable bonds is 5. The van der Waals surface area contributed by atoms with Crippen molar-refractivity contribution in [2.75, 3.05) is 17.3 Å². The van der Waals surface area contributed by atoms with Gasteiger partial charge < -0.3 is 10.1 Å². The van der Waals surface area contributed by atoms with Crippen LogP contribution in [-0.4, -0.2) is 18.9 Å². The normalized spacial score (nSPS) is 13.8. The van der Waals surface area contributed by atoms with Crippen LogP contribution in [0.4, 0.5) is 15.8 Å². The molecule has 3 aromatic carbocycles. The zero-order chi connectivity index (χ0) is 20.4. The second-order valence-corrected chi connectivity index (χ2v) is 6.40. The molecule has 0 spiro atoms. The van der Waals surface area contributed by atoms with E-state index in [4.69, 9.17) is 4.74 Å². The molecule has 1 heterocycles. The van der Waals surface area contributed by atoms with Gasteiger partial charge in [0, 0.05) is 11.8 Å². The number of hydrogen-bond donors (Lipinski definition) is 1. The first-order chi connectivity index (χ1) is 14.1. The molecule has 0 saturated carbocycles. The average molecular weight is 388 g/mol. The minimum Gasteiger partial charge on any atom is -0.497 e. The number of nitrogens with one attached hydrogen (secondary N) is 1. The minimum atomic E-state index is -0.483. The molecule has 0 bridgehead atoms. The maximum Gasteiger partial charge on any atom is 0.282 e. The molecule has 1 N–H and O–H groups in total. The molecule has 1 aliphatic rings. The summed E-state index contributed by atoms with van der Waals surface area (Å²) in [7, 11) is 1.55. The van der Waals surface area contributed by atoms with Crippen molar-refractivity contribution in [1.82, 2.24) is 0 Å². The predicted molar refractivity (Wildman–Crippen MR) is 109 cm³/mol. The Bertz CT molecular complexity index is 1110. The van der Waals surface area contributed by atoms with Gasteiger partial charge in [0.05, 0.1) is 18.4 Å². The fourth-order valence-electron chi connectivity index (χ4n) is 3.19. The van der Waals surface area contributed by atoms with Crippen LogP contribution < -0.4 is 15.0 Å². The van der Waals surface area contributed by atoms with E-state index in [0.717, 1.165) is 4.90 Å². The number of ether oxygens (including phenoxy) is 1. The largest absolute Gasteiger partial charge is 0.497 e. The molecule has 6 heteroatoms. The van der Waals surface area contributed by atoms with E-state index in [1.165, 1.54) is 24.3 Å². The van der Waals surface area contributed by atoms with Crippen molar-refractivity contribution in [2.24, 2.45) is 0 Å². The highest BCUT2D eigenvalue weighted by atomic mass is 19.1. The zero-order valence-corrected chi connectivity index (χ0v) is 15.6. The summed E-state index contributed by atoms with van der Waals surface area (Å²) >= 11 is 0. The fraction of sp³-hybridized carbons (Fsp3) is 0.0435. The molecule has 0 atom stereocenters. The zero-order valence-electron chi connectivity index (χ0n) is 15.6. The number of nitrogens with zero attached hydrogens (tertiary/aromatic N) is 1. The molecular formula is C23H17FN2O3. The third-order valence-electron chi connectivity index (χ3n) is 4.57. The topological polar surface area (TPSA) is 58.6 Å². The van der Waals surface area contributed by atoms with E-state index < -0.39 is 17.6 Å². The Balaban J connectivity index is 1.81. The first-order valence-corrected chi connectivity index (χ1v) is 8.93. The van der Waals surface area contributed by atoms with Crippen molar-refractivity contribution in [2.45, 2.75) is 0 Å². The van der Waals surface area contributed by atoms with Gasteiger partial charge in [-0.2, -0.15) is 0 Å². The SMILES string of the molecule is COc1cccc(NC2=C(c3ccc(F)cc3)C(=O)N(c3ccccc3)C2=O)c1. The van der Waals surface area contributed by atoms with E-state index in [1.54, 1.807) is 61.7 Å². The second-order valence-electron chi connectivity index (χ2n) is 6.40. The van der Waals surface area contributed by atoms with Gasteiger partial charge in [-0.15, -0.1) is 0 Å². The Hall–Kier alpha value is -3.93. The van der Waals surface area contributed by atoms with E-state index in [2.05, 4.69) is 5.32 Å². The highest BCUT2D eigenvalue weighted by Crippen LogP contribution is 2.34. The standard InChI is InChI=1S/C23H17FN2O3/c1-29-19-9-5-6-17(14-19)25-21-20(15-10-12-16(24)13-11-15)22(27)26(23(21)28)18-7-3-2-4-8-18/h2-14,25H,1H3. The van der Waals surface area contributed by atoms with Crippen molar-refractivity contribution in [3.05, 3.63) is 95.9 Å². The van der Waals surface area contributed by atoms with E-state index in [9.17, 15) is 14.0 Å². The maximum atomic E-state index is 13.4. The van der Waals surface area contributed by atoms with Gasteiger partial charge in [-0.1, -0.05) is 36.4 Å². The Morgan fingerprint density at radius 1 is 0.862 bits per heavy atom. The van der Waals surface area contributed by atoms with Crippen molar-refractivity contribution < 1.29 is 18.7 Å². The van der Waals surface area contributed by atoms with Crippen LogP contribution in [0.15, 0.2) is 84.6 Å². The number of hydrogen-bond acceptors (Lipinski definition) is 4. The molecule has 0 aromatic heterocycles. The lowest BCUT2D eigenvalue weighted by Gasteiger charge is -2.15. The molecule has 144 valence electrons. The molecule has 0 saturated heterocycles. The number of benzene rings is 3. The van der Waals surface area contributed by atoms with Crippen LogP contribution in [0.1, 0.15) is 5.56 Å². The molecule has 0 unspecified atom stereocenters.